The van der Waals surface area contributed by atoms with Gasteiger partial charge in [0.2, 0.25) is 5.88 Å². The molecule has 0 saturated heterocycles. The van der Waals surface area contributed by atoms with Gasteiger partial charge in [-0.2, -0.15) is 0 Å². The molecule has 0 amide bonds. The standard InChI is InChI=1S/C28H30FNO6/c1-5-34-27(32)24-22(23-19(31)13-28(2,3)14-21(23)36-26(24)30)18-7-6-8-20(33-4)25(18)35-15-16-9-11-17(29)12-10-16/h6-12,22H,5,13-15,30H2,1-4H3. The Balaban J connectivity index is 1.86. The number of rotatable bonds is 7. The molecule has 0 saturated carbocycles. The Hall–Kier alpha value is -3.81. The van der Waals surface area contributed by atoms with Crippen LogP contribution in [0.5, 0.6) is 11.5 Å². The second kappa shape index (κ2) is 10.0. The van der Waals surface area contributed by atoms with Crippen LogP contribution < -0.4 is 15.2 Å². The average Bonchev–Trinajstić information content (AvgIpc) is 2.81. The minimum Gasteiger partial charge on any atom is -0.493 e. The number of ketones is 1. The Bertz CT molecular complexity index is 1250. The lowest BCUT2D eigenvalue weighted by Gasteiger charge is -2.38. The number of hydrogen-bond acceptors (Lipinski definition) is 7. The highest BCUT2D eigenvalue weighted by Crippen LogP contribution is 2.51. The van der Waals surface area contributed by atoms with E-state index in [9.17, 15) is 14.0 Å². The van der Waals surface area contributed by atoms with Crippen molar-refractivity contribution in [1.82, 2.24) is 0 Å². The quantitative estimate of drug-likeness (QED) is 0.546. The van der Waals surface area contributed by atoms with Crippen LogP contribution in [-0.2, 0) is 25.7 Å². The molecule has 2 N–H and O–H groups in total. The smallest absolute Gasteiger partial charge is 0.340 e. The summed E-state index contributed by atoms with van der Waals surface area (Å²) in [6, 6.07) is 11.2. The third kappa shape index (κ3) is 4.94. The molecule has 2 aromatic rings. The highest BCUT2D eigenvalue weighted by Gasteiger charge is 2.46. The third-order valence-electron chi connectivity index (χ3n) is 6.29. The van der Waals surface area contributed by atoms with Crippen LogP contribution in [0.4, 0.5) is 4.39 Å². The molecule has 4 rings (SSSR count). The fourth-order valence-corrected chi connectivity index (χ4v) is 4.71. The number of allylic oxidation sites excluding steroid dienone is 2. The van der Waals surface area contributed by atoms with Crippen molar-refractivity contribution in [2.75, 3.05) is 13.7 Å². The van der Waals surface area contributed by atoms with E-state index in [-0.39, 0.29) is 48.1 Å². The first kappa shape index (κ1) is 25.3. The molecule has 1 atom stereocenters. The van der Waals surface area contributed by atoms with Crippen molar-refractivity contribution in [3.8, 4) is 11.5 Å². The number of methoxy groups -OCH3 is 1. The summed E-state index contributed by atoms with van der Waals surface area (Å²) in [7, 11) is 1.50. The summed E-state index contributed by atoms with van der Waals surface area (Å²) in [5.41, 5.74) is 7.63. The summed E-state index contributed by atoms with van der Waals surface area (Å²) >= 11 is 0. The summed E-state index contributed by atoms with van der Waals surface area (Å²) in [6.45, 7) is 5.89. The summed E-state index contributed by atoms with van der Waals surface area (Å²) in [4.78, 5) is 26.6. The minimum absolute atomic E-state index is 0.0449. The molecule has 8 heteroatoms. The van der Waals surface area contributed by atoms with E-state index in [4.69, 9.17) is 24.7 Å². The molecule has 0 spiro atoms. The first-order chi connectivity index (χ1) is 17.1. The largest absolute Gasteiger partial charge is 0.493 e. The number of carbonyl (C=O) groups excluding carboxylic acids is 2. The molecule has 0 aromatic heterocycles. The van der Waals surface area contributed by atoms with Crippen LogP contribution in [0, 0.1) is 11.2 Å². The minimum atomic E-state index is -0.866. The topological polar surface area (TPSA) is 97.1 Å². The van der Waals surface area contributed by atoms with Crippen LogP contribution in [-0.4, -0.2) is 25.5 Å². The summed E-state index contributed by atoms with van der Waals surface area (Å²) in [5.74, 6) is -0.922. The number of Topliss-reactive ketones (excluding diaryl/α,β-unsaturated/α-hetero) is 1. The first-order valence-electron chi connectivity index (χ1n) is 11.8. The zero-order chi connectivity index (χ0) is 26.0. The predicted molar refractivity (Wildman–Crippen MR) is 130 cm³/mol. The Morgan fingerprint density at radius 3 is 2.56 bits per heavy atom. The monoisotopic (exact) mass is 495 g/mol. The van der Waals surface area contributed by atoms with Gasteiger partial charge in [-0.3, -0.25) is 4.79 Å². The lowest BCUT2D eigenvalue weighted by molar-refractivity contribution is -0.139. The van der Waals surface area contributed by atoms with Gasteiger partial charge in [-0.25, -0.2) is 9.18 Å². The first-order valence-corrected chi connectivity index (χ1v) is 11.8. The van der Waals surface area contributed by atoms with E-state index >= 15 is 0 Å². The highest BCUT2D eigenvalue weighted by atomic mass is 19.1. The zero-order valence-electron chi connectivity index (χ0n) is 20.9. The Kier molecular flexibility index (Phi) is 7.06. The molecule has 0 radical (unpaired) electrons. The van der Waals surface area contributed by atoms with E-state index in [2.05, 4.69) is 0 Å². The van der Waals surface area contributed by atoms with E-state index in [1.807, 2.05) is 13.8 Å². The maximum Gasteiger partial charge on any atom is 0.340 e. The fourth-order valence-electron chi connectivity index (χ4n) is 4.71. The Morgan fingerprint density at radius 2 is 1.89 bits per heavy atom. The average molecular weight is 496 g/mol. The highest BCUT2D eigenvalue weighted by molar-refractivity contribution is 6.04. The zero-order valence-corrected chi connectivity index (χ0v) is 20.9. The number of benzene rings is 2. The van der Waals surface area contributed by atoms with Crippen molar-refractivity contribution < 1.29 is 32.9 Å². The van der Waals surface area contributed by atoms with Crippen molar-refractivity contribution in [3.05, 3.63) is 82.2 Å². The molecular weight excluding hydrogens is 465 g/mol. The number of nitrogens with two attached hydrogens (primary N) is 1. The fraction of sp³-hybridized carbons (Fsp3) is 0.357. The SMILES string of the molecule is CCOC(=O)C1=C(N)OC2=C(C(=O)CC(C)(C)C2)C1c1cccc(OC)c1OCc1ccc(F)cc1. The molecule has 0 fully saturated rings. The second-order valence-corrected chi connectivity index (χ2v) is 9.61. The number of para-hydroxylation sites is 1. The molecule has 1 aliphatic carbocycles. The van der Waals surface area contributed by atoms with Gasteiger partial charge in [0, 0.05) is 24.0 Å². The number of carbonyl (C=O) groups is 2. The van der Waals surface area contributed by atoms with E-state index < -0.39 is 11.9 Å². The molecule has 2 aliphatic rings. The molecule has 0 bridgehead atoms. The molecule has 190 valence electrons. The van der Waals surface area contributed by atoms with E-state index in [0.29, 0.717) is 34.8 Å². The Morgan fingerprint density at radius 1 is 1.17 bits per heavy atom. The van der Waals surface area contributed by atoms with Crippen LogP contribution in [0.1, 0.15) is 50.7 Å². The molecule has 7 nitrogen and oxygen atoms in total. The Labute approximate surface area is 209 Å². The number of esters is 1. The lowest BCUT2D eigenvalue weighted by atomic mass is 9.70. The lowest BCUT2D eigenvalue weighted by Crippen LogP contribution is -2.36. The van der Waals surface area contributed by atoms with Crippen LogP contribution >= 0.6 is 0 Å². The van der Waals surface area contributed by atoms with Gasteiger partial charge < -0.3 is 24.7 Å². The molecular formula is C28H30FNO6. The third-order valence-corrected chi connectivity index (χ3v) is 6.29. The van der Waals surface area contributed by atoms with Crippen LogP contribution in [0.15, 0.2) is 65.3 Å². The van der Waals surface area contributed by atoms with Crippen LogP contribution in [0.3, 0.4) is 0 Å². The van der Waals surface area contributed by atoms with Crippen molar-refractivity contribution in [2.24, 2.45) is 11.1 Å². The molecule has 36 heavy (non-hydrogen) atoms. The number of halogens is 1. The van der Waals surface area contributed by atoms with Crippen molar-refractivity contribution in [3.63, 3.8) is 0 Å². The van der Waals surface area contributed by atoms with Gasteiger partial charge in [-0.05, 0) is 36.1 Å². The van der Waals surface area contributed by atoms with Crippen molar-refractivity contribution >= 4 is 11.8 Å². The van der Waals surface area contributed by atoms with Gasteiger partial charge in [-0.15, -0.1) is 0 Å². The molecule has 1 heterocycles. The maximum absolute atomic E-state index is 13.5. The van der Waals surface area contributed by atoms with Gasteiger partial charge in [0.1, 0.15) is 23.8 Å². The van der Waals surface area contributed by atoms with Crippen LogP contribution in [0.25, 0.3) is 0 Å². The van der Waals surface area contributed by atoms with Gasteiger partial charge in [0.05, 0.1) is 19.6 Å². The van der Waals surface area contributed by atoms with Gasteiger partial charge in [0.15, 0.2) is 17.3 Å². The van der Waals surface area contributed by atoms with E-state index in [0.717, 1.165) is 5.56 Å². The van der Waals surface area contributed by atoms with E-state index in [1.54, 1.807) is 37.3 Å². The predicted octanol–water partition coefficient (Wildman–Crippen LogP) is 4.90. The normalized spacial score (nSPS) is 18.9. The maximum atomic E-state index is 13.5. The second-order valence-electron chi connectivity index (χ2n) is 9.61. The number of ether oxygens (including phenoxy) is 4. The van der Waals surface area contributed by atoms with Crippen molar-refractivity contribution in [1.29, 1.82) is 0 Å². The molecule has 1 aliphatic heterocycles. The van der Waals surface area contributed by atoms with Crippen molar-refractivity contribution in [2.45, 2.75) is 46.1 Å². The summed E-state index contributed by atoms with van der Waals surface area (Å²) in [6.07, 6.45) is 0.772. The number of hydrogen-bond donors (Lipinski definition) is 1. The molecule has 1 unspecified atom stereocenters. The van der Waals surface area contributed by atoms with E-state index in [1.165, 1.54) is 19.2 Å². The van der Waals surface area contributed by atoms with Gasteiger partial charge in [-0.1, -0.05) is 38.1 Å². The summed E-state index contributed by atoms with van der Waals surface area (Å²) < 4.78 is 36.3. The van der Waals surface area contributed by atoms with Gasteiger partial charge >= 0.3 is 5.97 Å². The molecule has 2 aromatic carbocycles. The van der Waals surface area contributed by atoms with Gasteiger partial charge in [0.25, 0.3) is 0 Å². The summed E-state index contributed by atoms with van der Waals surface area (Å²) in [5, 5.41) is 0. The van der Waals surface area contributed by atoms with Crippen LogP contribution in [0.2, 0.25) is 0 Å².